The van der Waals surface area contributed by atoms with Crippen LogP contribution in [0.5, 0.6) is 5.75 Å². The highest BCUT2D eigenvalue weighted by Crippen LogP contribution is 2.24. The average molecular weight is 378 g/mol. The molecule has 0 spiro atoms. The van der Waals surface area contributed by atoms with Crippen molar-refractivity contribution < 1.29 is 24.4 Å². The molecule has 0 radical (unpaired) electrons. The molecule has 0 aliphatic carbocycles. The van der Waals surface area contributed by atoms with E-state index in [-0.39, 0.29) is 33.4 Å². The predicted molar refractivity (Wildman–Crippen MR) is 101 cm³/mol. The van der Waals surface area contributed by atoms with Gasteiger partial charge in [-0.15, -0.1) is 0 Å². The first kappa shape index (κ1) is 8.28. The van der Waals surface area contributed by atoms with Crippen LogP contribution in [0.25, 0.3) is 16.7 Å². The van der Waals surface area contributed by atoms with Gasteiger partial charge in [0.15, 0.2) is 7.16 Å². The summed E-state index contributed by atoms with van der Waals surface area (Å²) in [5.41, 5.74) is -0.490. The zero-order valence-corrected chi connectivity index (χ0v) is 14.2. The summed E-state index contributed by atoms with van der Waals surface area (Å²) in [6.45, 7) is 1.53. The summed E-state index contributed by atoms with van der Waals surface area (Å²) in [4.78, 5) is 8.78. The Hall–Kier alpha value is -2.77. The lowest BCUT2D eigenvalue weighted by Crippen LogP contribution is -2.10. The van der Waals surface area contributed by atoms with Crippen molar-refractivity contribution in [1.82, 2.24) is 19.5 Å². The maximum Gasteiger partial charge on any atom is 0.322 e. The summed E-state index contributed by atoms with van der Waals surface area (Å²) < 4.78 is 106. The van der Waals surface area contributed by atoms with Crippen LogP contribution in [0.3, 0.4) is 0 Å². The topological polar surface area (TPSA) is 78.8 Å². The number of rotatable bonds is 5. The van der Waals surface area contributed by atoms with Gasteiger partial charge in [-0.2, -0.15) is 4.98 Å². The first-order chi connectivity index (χ1) is 17.2. The molecule has 4 aromatic rings. The Morgan fingerprint density at radius 1 is 1.42 bits per heavy atom. The zero-order chi connectivity index (χ0) is 27.6. The van der Waals surface area contributed by atoms with Gasteiger partial charge in [-0.1, -0.05) is 0 Å². The summed E-state index contributed by atoms with van der Waals surface area (Å²) in [6, 6.07) is -1.59. The highest BCUT2D eigenvalue weighted by molar-refractivity contribution is 7.90. The van der Waals surface area contributed by atoms with Crippen LogP contribution >= 0.6 is 0 Å². The first-order valence-corrected chi connectivity index (χ1v) is 8.66. The molecule has 7 heteroatoms. The second-order valence-electron chi connectivity index (χ2n) is 5.21. The number of aromatic nitrogens is 4. The highest BCUT2D eigenvalue weighted by Gasteiger charge is 2.20. The zero-order valence-electron chi connectivity index (χ0n) is 24.4. The van der Waals surface area contributed by atoms with Crippen LogP contribution in [0, 0.1) is 6.92 Å². The number of H-pyrrole nitrogens is 1. The van der Waals surface area contributed by atoms with Crippen LogP contribution in [0.15, 0.2) is 60.0 Å². The van der Waals surface area contributed by atoms with E-state index in [1.165, 1.54) is 19.2 Å². The van der Waals surface area contributed by atoms with Crippen LogP contribution < -0.4 is 4.74 Å². The Labute approximate surface area is 169 Å². The van der Waals surface area contributed by atoms with E-state index in [1.807, 2.05) is 0 Å². The Bertz CT molecular complexity index is 1520. The SMILES string of the molecule is [2H]c1c(-n2c([2H])c([2H])c([2H])c2[2H])c([2H])c2nc([S+]([O-])Cc3nccc(OC([2H])([2H])[2H])c3C)n([2H])c2c1[2H]. The molecule has 0 amide bonds. The van der Waals surface area contributed by atoms with Gasteiger partial charge in [0.1, 0.15) is 5.75 Å². The molecular weight excluding hydrogens is 348 g/mol. The molecule has 0 saturated carbocycles. The van der Waals surface area contributed by atoms with E-state index in [9.17, 15) is 4.55 Å². The van der Waals surface area contributed by atoms with Crippen molar-refractivity contribution in [3.8, 4) is 11.4 Å². The second kappa shape index (κ2) is 6.86. The summed E-state index contributed by atoms with van der Waals surface area (Å²) in [7, 11) is -2.71. The smallest absolute Gasteiger partial charge is 0.322 e. The number of aromatic amines is 1. The normalized spacial score (nSPS) is 18.9. The number of imidazole rings is 1. The third-order valence-corrected chi connectivity index (χ3v) is 4.76. The van der Waals surface area contributed by atoms with Crippen LogP contribution in [0.2, 0.25) is 1.41 Å². The van der Waals surface area contributed by atoms with Crippen molar-refractivity contribution >= 4 is 22.2 Å². The standard InChI is InChI=1S/C19H18N4O2S/c1-13-17(20-8-7-18(13)25-2)12-26(24)19-21-15-6-5-14(11-16(15)22-19)23-9-3-4-10-23/h3-11H,12H2,1-2H3,(H,21,22)/i2D3,3D,4D,5D,6D,9D,10D,11D/hD. The molecule has 0 fully saturated rings. The van der Waals surface area contributed by atoms with Crippen molar-refractivity contribution in [3.05, 3.63) is 66.1 Å². The molecule has 6 nitrogen and oxygen atoms in total. The average Bonchev–Trinajstić information content (AvgIpc) is 3.25. The van der Waals surface area contributed by atoms with Crippen LogP contribution in [-0.4, -0.2) is 31.1 Å². The number of hydrogen-bond acceptors (Lipinski definition) is 4. The molecule has 1 N–H and O–H groups in total. The van der Waals surface area contributed by atoms with E-state index in [4.69, 9.17) is 19.9 Å². The van der Waals surface area contributed by atoms with Gasteiger partial charge in [0, 0.05) is 41.0 Å². The number of nitrogens with zero attached hydrogens (tertiary/aromatic N) is 3. The molecular formula is C19H18N4O2S. The van der Waals surface area contributed by atoms with Gasteiger partial charge in [-0.05, 0) is 43.2 Å². The van der Waals surface area contributed by atoms with E-state index in [0.29, 0.717) is 10.5 Å². The summed E-state index contributed by atoms with van der Waals surface area (Å²) >= 11 is -2.07. The molecule has 1 unspecified atom stereocenters. The monoisotopic (exact) mass is 377 g/mol. The van der Waals surface area contributed by atoms with Crippen LogP contribution in [0.1, 0.15) is 25.0 Å². The number of ether oxygens (including phenoxy) is 1. The number of fused-ring (bicyclic) bond motifs is 1. The second-order valence-corrected chi connectivity index (χ2v) is 6.55. The fourth-order valence-corrected chi connectivity index (χ4v) is 3.34. The van der Waals surface area contributed by atoms with Crippen molar-refractivity contribution in [3.63, 3.8) is 0 Å². The fourth-order valence-electron chi connectivity index (χ4n) is 2.28. The molecule has 1 atom stereocenters. The Morgan fingerprint density at radius 2 is 2.27 bits per heavy atom. The summed E-state index contributed by atoms with van der Waals surface area (Å²) in [5.74, 6) is -0.290. The lowest BCUT2D eigenvalue weighted by molar-refractivity contribution is 0.410. The highest BCUT2D eigenvalue weighted by atomic mass is 32.2. The molecule has 1 aromatic carbocycles. The van der Waals surface area contributed by atoms with E-state index < -0.39 is 66.5 Å². The minimum Gasteiger partial charge on any atom is -0.609 e. The number of benzene rings is 1. The molecule has 132 valence electrons. The number of methoxy groups -OCH3 is 1. The van der Waals surface area contributed by atoms with E-state index >= 15 is 0 Å². The van der Waals surface area contributed by atoms with E-state index in [2.05, 4.69) is 9.97 Å². The minimum atomic E-state index is -2.71. The number of hydrogen-bond donors (Lipinski definition) is 1. The van der Waals surface area contributed by atoms with Crippen molar-refractivity contribution in [2.75, 3.05) is 7.04 Å². The quantitative estimate of drug-likeness (QED) is 0.541. The van der Waals surface area contributed by atoms with Gasteiger partial charge in [-0.25, -0.2) is 0 Å². The van der Waals surface area contributed by atoms with Gasteiger partial charge in [0.2, 0.25) is 0 Å². The molecule has 4 rings (SSSR count). The van der Waals surface area contributed by atoms with E-state index in [1.54, 1.807) is 0 Å². The van der Waals surface area contributed by atoms with Crippen molar-refractivity contribution in [1.29, 1.82) is 0 Å². The Balaban J connectivity index is 1.82. The molecule has 0 bridgehead atoms. The van der Waals surface area contributed by atoms with Gasteiger partial charge in [0.05, 0.1) is 37.5 Å². The van der Waals surface area contributed by atoms with Gasteiger partial charge < -0.3 is 13.9 Å². The molecule has 3 heterocycles. The largest absolute Gasteiger partial charge is 0.609 e. The fraction of sp³-hybridized carbons (Fsp3) is 0.158. The van der Waals surface area contributed by atoms with Crippen LogP contribution in [0.4, 0.5) is 0 Å². The third kappa shape index (κ3) is 3.07. The lowest BCUT2D eigenvalue weighted by atomic mass is 10.2. The molecule has 0 aliphatic heterocycles. The van der Waals surface area contributed by atoms with Gasteiger partial charge >= 0.3 is 5.16 Å². The van der Waals surface area contributed by atoms with Crippen molar-refractivity contribution in [2.45, 2.75) is 17.8 Å². The summed E-state index contributed by atoms with van der Waals surface area (Å²) in [6.07, 6.45) is 0.0399. The number of nitrogens with one attached hydrogen (secondary N) is 1. The predicted octanol–water partition coefficient (Wildman–Crippen LogP) is 3.37. The Morgan fingerprint density at radius 3 is 3.08 bits per heavy atom. The van der Waals surface area contributed by atoms with Crippen LogP contribution in [-0.2, 0) is 16.9 Å². The lowest BCUT2D eigenvalue weighted by Gasteiger charge is -2.10. The van der Waals surface area contributed by atoms with Crippen molar-refractivity contribution in [2.24, 2.45) is 0 Å². The molecule has 0 saturated heterocycles. The maximum absolute atomic E-state index is 13.2. The molecule has 26 heavy (non-hydrogen) atoms. The first-order valence-electron chi connectivity index (χ1n) is 12.8. The van der Waals surface area contributed by atoms with Gasteiger partial charge in [0.25, 0.3) is 0 Å². The minimum absolute atomic E-state index is 0.0124. The number of pyridine rings is 1. The summed E-state index contributed by atoms with van der Waals surface area (Å²) in [5, 5.41) is -0.371. The van der Waals surface area contributed by atoms with Gasteiger partial charge in [-0.3, -0.25) is 9.96 Å². The molecule has 3 aromatic heterocycles. The third-order valence-electron chi connectivity index (χ3n) is 3.64. The Kier molecular flexibility index (Phi) is 2.18. The van der Waals surface area contributed by atoms with E-state index in [0.717, 1.165) is 4.57 Å². The maximum atomic E-state index is 13.2. The molecule has 0 aliphatic rings.